The molecule has 12 heteroatoms. The first-order valence-electron chi connectivity index (χ1n) is 17.9. The number of nitrogens with zero attached hydrogens (tertiary/aromatic N) is 4. The lowest BCUT2D eigenvalue weighted by Gasteiger charge is -2.40. The number of rotatable bonds is 7. The molecule has 0 bridgehead atoms. The number of aliphatic imine (C=N–C) groups is 1. The van der Waals surface area contributed by atoms with Gasteiger partial charge in [0.2, 0.25) is 11.6 Å². The predicted octanol–water partition coefficient (Wildman–Crippen LogP) is 6.74. The summed E-state index contributed by atoms with van der Waals surface area (Å²) in [5.41, 5.74) is 7.59. The van der Waals surface area contributed by atoms with Crippen LogP contribution in [0.25, 0.3) is 0 Å². The smallest absolute Gasteiger partial charge is 0.261 e. The highest BCUT2D eigenvalue weighted by Gasteiger charge is 2.54. The van der Waals surface area contributed by atoms with Gasteiger partial charge in [-0.15, -0.1) is 0 Å². The van der Waals surface area contributed by atoms with Crippen molar-refractivity contribution in [3.8, 4) is 0 Å². The molecule has 3 heterocycles. The summed E-state index contributed by atoms with van der Waals surface area (Å²) in [6, 6.07) is 33.0. The fourth-order valence-electron chi connectivity index (χ4n) is 7.41. The van der Waals surface area contributed by atoms with Gasteiger partial charge in [0.1, 0.15) is 0 Å². The number of Topliss-reactive ketones (excluding diaryl/α,β-unsaturated/α-hetero) is 2. The zero-order valence-corrected chi connectivity index (χ0v) is 33.0. The lowest BCUT2D eigenvalue weighted by atomic mass is 9.73. The van der Waals surface area contributed by atoms with Crippen LogP contribution >= 0.6 is 31.9 Å². The lowest BCUT2D eigenvalue weighted by Crippen LogP contribution is -2.49. The zero-order valence-electron chi connectivity index (χ0n) is 29.9. The molecule has 3 aliphatic heterocycles. The van der Waals surface area contributed by atoms with E-state index < -0.39 is 11.3 Å². The lowest BCUT2D eigenvalue weighted by molar-refractivity contribution is -0.133. The van der Waals surface area contributed by atoms with Crippen LogP contribution in [0.15, 0.2) is 123 Å². The van der Waals surface area contributed by atoms with E-state index in [4.69, 9.17) is 10.7 Å². The number of likely N-dealkylation sites (tertiary alicyclic amines) is 2. The Morgan fingerprint density at radius 1 is 0.667 bits per heavy atom. The van der Waals surface area contributed by atoms with Crippen LogP contribution in [0.5, 0.6) is 0 Å². The third kappa shape index (κ3) is 8.24. The first-order valence-corrected chi connectivity index (χ1v) is 19.5. The average molecular weight is 856 g/mol. The number of hydrogen-bond acceptors (Lipinski definition) is 7. The van der Waals surface area contributed by atoms with Crippen LogP contribution in [0.3, 0.4) is 0 Å². The minimum atomic E-state index is -1.04. The molecule has 0 radical (unpaired) electrons. The predicted molar refractivity (Wildman–Crippen MR) is 214 cm³/mol. The number of hydrogen-bond donors (Lipinski definition) is 1. The van der Waals surface area contributed by atoms with Crippen LogP contribution < -0.4 is 5.73 Å². The second-order valence-electron chi connectivity index (χ2n) is 13.7. The fraction of sp³-hybridized carbons (Fsp3) is 0.286. The SMILES string of the molecule is CN1C(=O)C(c2cccc(Br)c2)(C2CCN(C(=O)c3ccccc3)CC2)N=C1N.O=C(C(=O)C1CCN(C(=O)c2ccccc2)CC1)c1cccc(Br)c1. The fourth-order valence-corrected chi connectivity index (χ4v) is 8.21. The van der Waals surface area contributed by atoms with E-state index in [0.717, 1.165) is 14.5 Å². The van der Waals surface area contributed by atoms with E-state index in [0.29, 0.717) is 68.6 Å². The molecule has 1 unspecified atom stereocenters. The van der Waals surface area contributed by atoms with Crippen molar-refractivity contribution in [1.82, 2.24) is 14.7 Å². The molecule has 4 aromatic rings. The van der Waals surface area contributed by atoms with Crippen molar-refractivity contribution in [2.24, 2.45) is 22.6 Å². The molecule has 0 aliphatic carbocycles. The highest BCUT2D eigenvalue weighted by atomic mass is 79.9. The first-order chi connectivity index (χ1) is 26.0. The summed E-state index contributed by atoms with van der Waals surface area (Å²) in [6.45, 7) is 2.16. The summed E-state index contributed by atoms with van der Waals surface area (Å²) < 4.78 is 1.66. The molecular weight excluding hydrogens is 814 g/mol. The number of ketones is 2. The van der Waals surface area contributed by atoms with Crippen LogP contribution in [-0.2, 0) is 15.1 Å². The van der Waals surface area contributed by atoms with Gasteiger partial charge < -0.3 is 15.5 Å². The van der Waals surface area contributed by atoms with E-state index in [-0.39, 0.29) is 41.3 Å². The van der Waals surface area contributed by atoms with Crippen molar-refractivity contribution in [2.75, 3.05) is 33.2 Å². The number of likely N-dealkylation sites (N-methyl/N-ethyl adjacent to an activating group) is 1. The number of nitrogens with two attached hydrogens (primary N) is 1. The van der Waals surface area contributed by atoms with Crippen molar-refractivity contribution in [3.63, 3.8) is 0 Å². The van der Waals surface area contributed by atoms with Crippen LogP contribution in [-0.4, -0.2) is 83.2 Å². The van der Waals surface area contributed by atoms with Crippen molar-refractivity contribution in [2.45, 2.75) is 31.2 Å². The summed E-state index contributed by atoms with van der Waals surface area (Å²) >= 11 is 6.82. The van der Waals surface area contributed by atoms with Gasteiger partial charge in [-0.3, -0.25) is 28.9 Å². The van der Waals surface area contributed by atoms with Gasteiger partial charge in [-0.1, -0.05) is 92.5 Å². The van der Waals surface area contributed by atoms with E-state index in [1.165, 1.54) is 4.90 Å². The molecule has 3 aliphatic rings. The highest BCUT2D eigenvalue weighted by molar-refractivity contribution is 9.10. The highest BCUT2D eigenvalue weighted by Crippen LogP contribution is 2.44. The Balaban J connectivity index is 0.000000186. The topological polar surface area (TPSA) is 133 Å². The Hall–Kier alpha value is -4.94. The summed E-state index contributed by atoms with van der Waals surface area (Å²) in [5.74, 6) is -1.03. The van der Waals surface area contributed by atoms with E-state index in [9.17, 15) is 24.0 Å². The minimum Gasteiger partial charge on any atom is -0.369 e. The Morgan fingerprint density at radius 3 is 1.63 bits per heavy atom. The average Bonchev–Trinajstić information content (AvgIpc) is 3.45. The molecule has 3 amide bonds. The van der Waals surface area contributed by atoms with Gasteiger partial charge >= 0.3 is 0 Å². The number of amides is 3. The molecule has 0 aromatic heterocycles. The maximum absolute atomic E-state index is 13.3. The number of carbonyl (C=O) groups excluding carboxylic acids is 5. The van der Waals surface area contributed by atoms with Crippen molar-refractivity contribution < 1.29 is 24.0 Å². The molecule has 2 fully saturated rings. The third-order valence-corrected chi connectivity index (χ3v) is 11.4. The van der Waals surface area contributed by atoms with E-state index in [1.54, 1.807) is 42.3 Å². The molecule has 278 valence electrons. The van der Waals surface area contributed by atoms with Crippen LogP contribution in [0.2, 0.25) is 0 Å². The third-order valence-electron chi connectivity index (χ3n) is 10.4. The molecule has 2 saturated heterocycles. The van der Waals surface area contributed by atoms with Crippen molar-refractivity contribution in [1.29, 1.82) is 0 Å². The zero-order chi connectivity index (χ0) is 38.4. The van der Waals surface area contributed by atoms with Gasteiger partial charge in [0.25, 0.3) is 17.7 Å². The van der Waals surface area contributed by atoms with Crippen LogP contribution in [0.1, 0.15) is 62.3 Å². The summed E-state index contributed by atoms with van der Waals surface area (Å²) in [4.78, 5) is 73.2. The second kappa shape index (κ2) is 17.0. The molecule has 2 N–H and O–H groups in total. The number of benzene rings is 4. The van der Waals surface area contributed by atoms with Crippen LogP contribution in [0, 0.1) is 11.8 Å². The minimum absolute atomic E-state index is 0.0233. The number of guanidine groups is 1. The van der Waals surface area contributed by atoms with Crippen molar-refractivity contribution >= 4 is 67.1 Å². The molecule has 4 aromatic carbocycles. The van der Waals surface area contributed by atoms with Gasteiger partial charge in [-0.25, -0.2) is 4.99 Å². The summed E-state index contributed by atoms with van der Waals surface area (Å²) in [6.07, 6.45) is 2.41. The van der Waals surface area contributed by atoms with Gasteiger partial charge in [0.15, 0.2) is 11.5 Å². The molecule has 7 rings (SSSR count). The van der Waals surface area contributed by atoms with Gasteiger partial charge in [-0.05, 0) is 79.8 Å². The monoisotopic (exact) mass is 853 g/mol. The number of carbonyl (C=O) groups is 5. The molecular formula is C42H41Br2N5O5. The van der Waals surface area contributed by atoms with Crippen molar-refractivity contribution in [3.05, 3.63) is 140 Å². The molecule has 10 nitrogen and oxygen atoms in total. The quantitative estimate of drug-likeness (QED) is 0.162. The van der Waals surface area contributed by atoms with Gasteiger partial charge in [0.05, 0.1) is 0 Å². The molecule has 0 saturated carbocycles. The number of piperidine rings is 2. The summed E-state index contributed by atoms with van der Waals surface area (Å²) in [7, 11) is 1.66. The molecule has 54 heavy (non-hydrogen) atoms. The second-order valence-corrected chi connectivity index (χ2v) is 15.5. The standard InChI is InChI=1S/C22H23BrN4O2.C20H18BrNO3/c1-26-20(29)22(25-21(26)24,17-8-5-9-18(23)14-17)16-10-12-27(13-11-16)19(28)15-6-3-2-4-7-15;21-17-8-4-7-16(13-17)19(24)18(23)14-9-11-22(12-10-14)20(25)15-5-2-1-3-6-15/h2-9,14,16H,10-13H2,1H3,(H2,24,25);1-8,13-14H,9-12H2. The molecule has 0 spiro atoms. The maximum atomic E-state index is 13.3. The first kappa shape index (κ1) is 38.8. The van der Waals surface area contributed by atoms with Gasteiger partial charge in [0, 0.05) is 70.7 Å². The normalized spacial score (nSPS) is 19.1. The Bertz CT molecular complexity index is 2060. The van der Waals surface area contributed by atoms with Crippen LogP contribution in [0.4, 0.5) is 0 Å². The maximum Gasteiger partial charge on any atom is 0.261 e. The van der Waals surface area contributed by atoms with Gasteiger partial charge in [-0.2, -0.15) is 0 Å². The Kier molecular flexibility index (Phi) is 12.2. The van der Waals surface area contributed by atoms with E-state index in [2.05, 4.69) is 31.9 Å². The van der Waals surface area contributed by atoms with E-state index in [1.807, 2.05) is 83.8 Å². The summed E-state index contributed by atoms with van der Waals surface area (Å²) in [5, 5.41) is 0. The number of halogens is 2. The Labute approximate surface area is 331 Å². The van der Waals surface area contributed by atoms with E-state index >= 15 is 0 Å². The largest absolute Gasteiger partial charge is 0.369 e. The molecule has 1 atom stereocenters. The Morgan fingerprint density at radius 2 is 1.15 bits per heavy atom.